The highest BCUT2D eigenvalue weighted by atomic mass is 16.3. The van der Waals surface area contributed by atoms with Crippen LogP contribution in [-0.2, 0) is 0 Å². The van der Waals surface area contributed by atoms with Crippen LogP contribution < -0.4 is 0 Å². The molecule has 0 aliphatic rings. The molecular weight excluding hydrogens is 585 g/mol. The van der Waals surface area contributed by atoms with Crippen molar-refractivity contribution in [1.82, 2.24) is 0 Å². The third kappa shape index (κ3) is 4.00. The average Bonchev–Trinajstić information content (AvgIpc) is 3.76. The van der Waals surface area contributed by atoms with Crippen LogP contribution in [0.1, 0.15) is 0 Å². The van der Waals surface area contributed by atoms with Crippen molar-refractivity contribution in [3.05, 3.63) is 170 Å². The van der Waals surface area contributed by atoms with Crippen molar-refractivity contribution in [2.75, 3.05) is 0 Å². The second-order valence-corrected chi connectivity index (χ2v) is 12.4. The van der Waals surface area contributed by atoms with Crippen LogP contribution in [0.25, 0.3) is 99.0 Å². The normalized spacial score (nSPS) is 11.8. The molecule has 2 heterocycles. The molecule has 0 saturated heterocycles. The molecule has 10 rings (SSSR count). The van der Waals surface area contributed by atoms with Gasteiger partial charge in [-0.3, -0.25) is 0 Å². The Hall–Kier alpha value is -6.38. The van der Waals surface area contributed by atoms with Gasteiger partial charge in [0.25, 0.3) is 0 Å². The third-order valence-electron chi connectivity index (χ3n) is 9.76. The summed E-state index contributed by atoms with van der Waals surface area (Å²) in [5, 5.41) is 8.03. The Morgan fingerprint density at radius 2 is 0.875 bits per heavy atom. The van der Waals surface area contributed by atoms with Crippen LogP contribution in [0.3, 0.4) is 0 Å². The summed E-state index contributed by atoms with van der Waals surface area (Å²) in [6.07, 6.45) is 1.86. The Balaban J connectivity index is 1.22. The largest absolute Gasteiger partial charge is 0.463 e. The highest BCUT2D eigenvalue weighted by molar-refractivity contribution is 6.24. The Bertz CT molecular complexity index is 2760. The summed E-state index contributed by atoms with van der Waals surface area (Å²) >= 11 is 0. The molecule has 8 aromatic carbocycles. The lowest BCUT2D eigenvalue weighted by Gasteiger charge is -2.19. The molecule has 10 aromatic rings. The summed E-state index contributed by atoms with van der Waals surface area (Å²) in [6, 6.07) is 58.3. The van der Waals surface area contributed by atoms with Gasteiger partial charge in [-0.15, -0.1) is 0 Å². The van der Waals surface area contributed by atoms with Gasteiger partial charge in [0.1, 0.15) is 16.7 Å². The molecule has 0 atom stereocenters. The maximum atomic E-state index is 6.56. The molecule has 0 fully saturated rings. The van der Waals surface area contributed by atoms with E-state index in [1.807, 2.05) is 12.3 Å². The monoisotopic (exact) mass is 612 g/mol. The zero-order valence-electron chi connectivity index (χ0n) is 26.0. The van der Waals surface area contributed by atoms with E-state index in [9.17, 15) is 0 Å². The molecule has 0 unspecified atom stereocenters. The maximum Gasteiger partial charge on any atom is 0.146 e. The Morgan fingerprint density at radius 1 is 0.333 bits per heavy atom. The maximum absolute atomic E-state index is 6.56. The molecule has 2 nitrogen and oxygen atoms in total. The number of fused-ring (bicyclic) bond motifs is 7. The van der Waals surface area contributed by atoms with Gasteiger partial charge in [-0.2, -0.15) is 0 Å². The lowest BCUT2D eigenvalue weighted by molar-refractivity contribution is 0.619. The molecule has 0 aliphatic carbocycles. The minimum Gasteiger partial charge on any atom is -0.463 e. The zero-order chi connectivity index (χ0) is 31.6. The topological polar surface area (TPSA) is 26.3 Å². The molecule has 48 heavy (non-hydrogen) atoms. The van der Waals surface area contributed by atoms with E-state index in [4.69, 9.17) is 8.83 Å². The molecule has 0 radical (unpaired) electrons. The van der Waals surface area contributed by atoms with Gasteiger partial charge in [0, 0.05) is 16.3 Å². The minimum atomic E-state index is 0.825. The van der Waals surface area contributed by atoms with E-state index in [-0.39, 0.29) is 0 Å². The van der Waals surface area contributed by atoms with Crippen LogP contribution in [0.2, 0.25) is 0 Å². The molecule has 2 aromatic heterocycles. The number of hydrogen-bond donors (Lipinski definition) is 0. The first-order valence-electron chi connectivity index (χ1n) is 16.3. The van der Waals surface area contributed by atoms with Gasteiger partial charge in [0.05, 0.1) is 11.6 Å². The Kier molecular flexibility index (Phi) is 5.91. The van der Waals surface area contributed by atoms with Crippen molar-refractivity contribution in [2.45, 2.75) is 0 Å². The Morgan fingerprint density at radius 3 is 1.54 bits per heavy atom. The van der Waals surface area contributed by atoms with Crippen LogP contribution in [-0.4, -0.2) is 0 Å². The van der Waals surface area contributed by atoms with Gasteiger partial charge >= 0.3 is 0 Å². The highest BCUT2D eigenvalue weighted by Gasteiger charge is 2.21. The van der Waals surface area contributed by atoms with Crippen LogP contribution in [0, 0.1) is 0 Å². The fraction of sp³-hybridized carbons (Fsp3) is 0. The summed E-state index contributed by atoms with van der Waals surface area (Å²) in [4.78, 5) is 0. The van der Waals surface area contributed by atoms with Gasteiger partial charge in [-0.25, -0.2) is 0 Å². The van der Waals surface area contributed by atoms with Gasteiger partial charge in [0.15, 0.2) is 0 Å². The van der Waals surface area contributed by atoms with Gasteiger partial charge < -0.3 is 8.83 Å². The van der Waals surface area contributed by atoms with E-state index < -0.39 is 0 Å². The van der Waals surface area contributed by atoms with Crippen molar-refractivity contribution in [1.29, 1.82) is 0 Å². The predicted octanol–water partition coefficient (Wildman–Crippen LogP) is 13.3. The summed E-state index contributed by atoms with van der Waals surface area (Å²) in [7, 11) is 0. The molecule has 0 aliphatic heterocycles. The first-order valence-corrected chi connectivity index (χ1v) is 16.3. The Labute approximate surface area is 277 Å². The first kappa shape index (κ1) is 26.8. The van der Waals surface area contributed by atoms with Gasteiger partial charge in [-0.05, 0) is 84.8 Å². The number of furan rings is 2. The van der Waals surface area contributed by atoms with Crippen molar-refractivity contribution in [3.63, 3.8) is 0 Å². The second-order valence-electron chi connectivity index (χ2n) is 12.4. The van der Waals surface area contributed by atoms with Gasteiger partial charge in [0.2, 0.25) is 0 Å². The smallest absolute Gasteiger partial charge is 0.146 e. The third-order valence-corrected chi connectivity index (χ3v) is 9.76. The fourth-order valence-electron chi connectivity index (χ4n) is 7.65. The van der Waals surface area contributed by atoms with Crippen LogP contribution in [0.15, 0.2) is 179 Å². The van der Waals surface area contributed by atoms with E-state index in [0.717, 1.165) is 49.6 Å². The molecule has 0 N–H and O–H groups in total. The summed E-state index contributed by atoms with van der Waals surface area (Å²) in [6.45, 7) is 0. The standard InChI is InChI=1S/C46H28O2/c1-3-13-29(14-4-1)32-17-7-8-18-33(32)44-36-21-11-9-19-34(36)43(35-20-10-12-22-37(35)44)31-23-24-39-42(27-31)48-41-26-25-38-40(28-47-46(38)45(39)41)30-15-5-2-6-16-30/h1-28H. The van der Waals surface area contributed by atoms with Crippen LogP contribution in [0.5, 0.6) is 0 Å². The molecule has 0 bridgehead atoms. The van der Waals surface area contributed by atoms with Crippen molar-refractivity contribution >= 4 is 54.5 Å². The first-order chi connectivity index (χ1) is 23.8. The number of benzene rings is 8. The van der Waals surface area contributed by atoms with E-state index >= 15 is 0 Å². The predicted molar refractivity (Wildman–Crippen MR) is 200 cm³/mol. The second kappa shape index (κ2) is 10.6. The van der Waals surface area contributed by atoms with Crippen molar-refractivity contribution in [3.8, 4) is 44.5 Å². The molecule has 0 amide bonds. The average molecular weight is 613 g/mol. The molecule has 0 spiro atoms. The minimum absolute atomic E-state index is 0.825. The molecule has 224 valence electrons. The lowest BCUT2D eigenvalue weighted by Crippen LogP contribution is -1.92. The molecule has 2 heteroatoms. The van der Waals surface area contributed by atoms with E-state index in [1.54, 1.807) is 0 Å². The zero-order valence-corrected chi connectivity index (χ0v) is 26.0. The summed E-state index contributed by atoms with van der Waals surface area (Å²) in [5.74, 6) is 0. The van der Waals surface area contributed by atoms with Crippen molar-refractivity contribution in [2.24, 2.45) is 0 Å². The summed E-state index contributed by atoms with van der Waals surface area (Å²) in [5.41, 5.74) is 12.0. The SMILES string of the molecule is c1ccc(-c2ccccc2-c2c3ccccc3c(-c3ccc4c(c3)oc3ccc5c(-c6ccccc6)coc5c34)c3ccccc23)cc1. The fourth-order valence-corrected chi connectivity index (χ4v) is 7.65. The quantitative estimate of drug-likeness (QED) is 0.185. The van der Waals surface area contributed by atoms with E-state index in [1.165, 1.54) is 49.4 Å². The van der Waals surface area contributed by atoms with Crippen molar-refractivity contribution < 1.29 is 8.83 Å². The number of rotatable bonds is 4. The van der Waals surface area contributed by atoms with Crippen LogP contribution >= 0.6 is 0 Å². The molecule has 0 saturated carbocycles. The highest BCUT2D eigenvalue weighted by Crippen LogP contribution is 2.47. The van der Waals surface area contributed by atoms with Gasteiger partial charge in [-0.1, -0.05) is 140 Å². The lowest BCUT2D eigenvalue weighted by atomic mass is 9.84. The summed E-state index contributed by atoms with van der Waals surface area (Å²) < 4.78 is 12.8. The number of hydrogen-bond acceptors (Lipinski definition) is 2. The van der Waals surface area contributed by atoms with E-state index in [0.29, 0.717) is 0 Å². The molecular formula is C46H28O2. The van der Waals surface area contributed by atoms with E-state index in [2.05, 4.69) is 158 Å². The van der Waals surface area contributed by atoms with Crippen LogP contribution in [0.4, 0.5) is 0 Å².